The summed E-state index contributed by atoms with van der Waals surface area (Å²) >= 11 is 0. The third kappa shape index (κ3) is 1.84. The number of ether oxygens (including phenoxy) is 2. The van der Waals surface area contributed by atoms with E-state index >= 15 is 0 Å². The van der Waals surface area contributed by atoms with Crippen molar-refractivity contribution in [2.75, 3.05) is 14.2 Å². The van der Waals surface area contributed by atoms with Crippen LogP contribution in [-0.2, 0) is 24.5 Å². The summed E-state index contributed by atoms with van der Waals surface area (Å²) < 4.78 is 9.91. The fraction of sp³-hybridized carbons (Fsp3) is 0.474. The van der Waals surface area contributed by atoms with Gasteiger partial charge in [-0.25, -0.2) is 0 Å². The minimum Gasteiger partial charge on any atom is -0.468 e. The molecule has 3 aliphatic rings. The van der Waals surface area contributed by atoms with E-state index in [4.69, 9.17) is 9.47 Å². The molecule has 4 nitrogen and oxygen atoms in total. The minimum absolute atomic E-state index is 0.234. The second kappa shape index (κ2) is 4.70. The Morgan fingerprint density at radius 3 is 2.22 bits per heavy atom. The molecule has 1 fully saturated rings. The highest BCUT2D eigenvalue weighted by atomic mass is 16.5. The molecule has 0 aromatic heterocycles. The van der Waals surface area contributed by atoms with E-state index in [1.54, 1.807) is 0 Å². The number of fused-ring (bicyclic) bond motifs is 3. The molecule has 1 aromatic carbocycles. The Kier molecular flexibility index (Phi) is 2.96. The average Bonchev–Trinajstić information content (AvgIpc) is 3.24. The van der Waals surface area contributed by atoms with Gasteiger partial charge in [-0.1, -0.05) is 29.8 Å². The zero-order valence-corrected chi connectivity index (χ0v) is 13.5. The molecule has 0 atom stereocenters. The van der Waals surface area contributed by atoms with E-state index in [0.717, 1.165) is 12.0 Å². The van der Waals surface area contributed by atoms with Crippen molar-refractivity contribution in [1.82, 2.24) is 0 Å². The number of hydrogen-bond donors (Lipinski definition) is 0. The lowest BCUT2D eigenvalue weighted by Gasteiger charge is -2.27. The van der Waals surface area contributed by atoms with Crippen molar-refractivity contribution in [3.63, 3.8) is 0 Å². The first-order valence-corrected chi connectivity index (χ1v) is 8.04. The molecule has 0 aliphatic heterocycles. The van der Waals surface area contributed by atoms with Gasteiger partial charge in [-0.3, -0.25) is 9.59 Å². The van der Waals surface area contributed by atoms with Crippen LogP contribution in [0.15, 0.2) is 29.8 Å². The highest BCUT2D eigenvalue weighted by Gasteiger charge is 2.58. The Labute approximate surface area is 135 Å². The number of benzene rings is 1. The highest BCUT2D eigenvalue weighted by molar-refractivity contribution is 6.04. The van der Waals surface area contributed by atoms with E-state index < -0.39 is 17.4 Å². The summed E-state index contributed by atoms with van der Waals surface area (Å²) in [6.07, 6.45) is 4.14. The normalized spacial score (nSPS) is 22.3. The molecule has 23 heavy (non-hydrogen) atoms. The van der Waals surface area contributed by atoms with Crippen molar-refractivity contribution in [2.45, 2.75) is 37.5 Å². The second-order valence-corrected chi connectivity index (χ2v) is 7.00. The monoisotopic (exact) mass is 312 g/mol. The van der Waals surface area contributed by atoms with Gasteiger partial charge in [-0.15, -0.1) is 0 Å². The van der Waals surface area contributed by atoms with Crippen LogP contribution >= 0.6 is 0 Å². The summed E-state index contributed by atoms with van der Waals surface area (Å²) in [5.74, 6) is -0.970. The van der Waals surface area contributed by atoms with Gasteiger partial charge >= 0.3 is 11.9 Å². The average molecular weight is 312 g/mol. The molecular weight excluding hydrogens is 292 g/mol. The third-order valence-corrected chi connectivity index (χ3v) is 5.80. The molecule has 1 saturated carbocycles. The summed E-state index contributed by atoms with van der Waals surface area (Å²) in [6, 6.07) is 8.42. The summed E-state index contributed by atoms with van der Waals surface area (Å²) in [7, 11) is 2.67. The molecule has 1 spiro atoms. The van der Waals surface area contributed by atoms with Crippen LogP contribution in [0.4, 0.5) is 0 Å². The summed E-state index contributed by atoms with van der Waals surface area (Å²) in [4.78, 5) is 24.8. The van der Waals surface area contributed by atoms with Crippen LogP contribution in [0.3, 0.4) is 0 Å². The molecule has 120 valence electrons. The van der Waals surface area contributed by atoms with Gasteiger partial charge < -0.3 is 9.47 Å². The lowest BCUT2D eigenvalue weighted by atomic mass is 9.77. The first-order valence-electron chi connectivity index (χ1n) is 8.04. The van der Waals surface area contributed by atoms with Crippen molar-refractivity contribution in [2.24, 2.45) is 5.41 Å². The van der Waals surface area contributed by atoms with Crippen LogP contribution in [0.2, 0.25) is 0 Å². The van der Waals surface area contributed by atoms with Crippen LogP contribution < -0.4 is 0 Å². The molecule has 0 saturated heterocycles. The largest absolute Gasteiger partial charge is 0.468 e. The Bertz CT molecular complexity index is 723. The first-order chi connectivity index (χ1) is 11.1. The van der Waals surface area contributed by atoms with Gasteiger partial charge in [0.25, 0.3) is 0 Å². The SMILES string of the molecule is COC(=O)C1(C(=O)OC)CC2=C(C1)c1ccccc1C1(CC1)C2. The standard InChI is InChI=1S/C19H20O4/c1-22-16(20)19(17(21)23-2)10-12-9-18(7-8-18)15-6-4-3-5-13(15)14(12)11-19/h3-6H,7-11H2,1-2H3. The molecule has 3 aliphatic carbocycles. The second-order valence-electron chi connectivity index (χ2n) is 7.00. The Balaban J connectivity index is 1.80. The van der Waals surface area contributed by atoms with E-state index in [2.05, 4.69) is 18.2 Å². The molecule has 0 unspecified atom stereocenters. The van der Waals surface area contributed by atoms with Gasteiger partial charge in [-0.2, -0.15) is 0 Å². The van der Waals surface area contributed by atoms with Crippen LogP contribution in [0.25, 0.3) is 5.57 Å². The van der Waals surface area contributed by atoms with Gasteiger partial charge in [0.15, 0.2) is 5.41 Å². The maximum absolute atomic E-state index is 12.4. The summed E-state index contributed by atoms with van der Waals surface area (Å²) in [5, 5.41) is 0. The first kappa shape index (κ1) is 14.5. The lowest BCUT2D eigenvalue weighted by molar-refractivity contribution is -0.168. The molecule has 0 amide bonds. The van der Waals surface area contributed by atoms with E-state index in [1.807, 2.05) is 6.07 Å². The van der Waals surface area contributed by atoms with Crippen molar-refractivity contribution in [1.29, 1.82) is 0 Å². The maximum atomic E-state index is 12.4. The lowest BCUT2D eigenvalue weighted by Crippen LogP contribution is -2.39. The summed E-state index contributed by atoms with van der Waals surface area (Å²) in [5.41, 5.74) is 4.00. The molecule has 0 N–H and O–H groups in total. The van der Waals surface area contributed by atoms with Crippen molar-refractivity contribution in [3.8, 4) is 0 Å². The van der Waals surface area contributed by atoms with Gasteiger partial charge in [0.2, 0.25) is 0 Å². The van der Waals surface area contributed by atoms with Gasteiger partial charge in [0.1, 0.15) is 0 Å². The quantitative estimate of drug-likeness (QED) is 0.622. The number of carbonyl (C=O) groups excluding carboxylic acids is 2. The number of carbonyl (C=O) groups is 2. The molecule has 1 aromatic rings. The Morgan fingerprint density at radius 1 is 0.957 bits per heavy atom. The fourth-order valence-electron chi connectivity index (χ4n) is 4.49. The molecule has 4 heteroatoms. The number of allylic oxidation sites excluding steroid dienone is 2. The molecule has 0 radical (unpaired) electrons. The van der Waals surface area contributed by atoms with E-state index in [1.165, 1.54) is 43.8 Å². The molecule has 0 bridgehead atoms. The number of hydrogen-bond acceptors (Lipinski definition) is 4. The summed E-state index contributed by atoms with van der Waals surface area (Å²) in [6.45, 7) is 0. The van der Waals surface area contributed by atoms with Gasteiger partial charge in [-0.05, 0) is 47.8 Å². The molecule has 4 rings (SSSR count). The van der Waals surface area contributed by atoms with Gasteiger partial charge in [0.05, 0.1) is 14.2 Å². The predicted molar refractivity (Wildman–Crippen MR) is 84.6 cm³/mol. The smallest absolute Gasteiger partial charge is 0.323 e. The zero-order valence-electron chi connectivity index (χ0n) is 13.5. The van der Waals surface area contributed by atoms with E-state index in [0.29, 0.717) is 12.8 Å². The van der Waals surface area contributed by atoms with E-state index in [-0.39, 0.29) is 5.41 Å². The zero-order chi connectivity index (χ0) is 16.2. The highest BCUT2D eigenvalue weighted by Crippen LogP contribution is 2.63. The van der Waals surface area contributed by atoms with Crippen LogP contribution in [0.5, 0.6) is 0 Å². The fourth-order valence-corrected chi connectivity index (χ4v) is 4.49. The Hall–Kier alpha value is -2.10. The molecular formula is C19H20O4. The maximum Gasteiger partial charge on any atom is 0.323 e. The van der Waals surface area contributed by atoms with Crippen LogP contribution in [0, 0.1) is 5.41 Å². The predicted octanol–water partition coefficient (Wildman–Crippen LogP) is 3.00. The Morgan fingerprint density at radius 2 is 1.61 bits per heavy atom. The van der Waals surface area contributed by atoms with Crippen LogP contribution in [-0.4, -0.2) is 26.2 Å². The number of rotatable bonds is 2. The number of esters is 2. The van der Waals surface area contributed by atoms with Gasteiger partial charge in [0, 0.05) is 6.42 Å². The third-order valence-electron chi connectivity index (χ3n) is 5.80. The van der Waals surface area contributed by atoms with Crippen LogP contribution in [0.1, 0.15) is 43.2 Å². The minimum atomic E-state index is -1.21. The van der Waals surface area contributed by atoms with Crippen molar-refractivity contribution < 1.29 is 19.1 Å². The number of methoxy groups -OCH3 is 2. The van der Waals surface area contributed by atoms with E-state index in [9.17, 15) is 9.59 Å². The topological polar surface area (TPSA) is 52.6 Å². The molecule has 0 heterocycles. The van der Waals surface area contributed by atoms with Crippen molar-refractivity contribution in [3.05, 3.63) is 41.0 Å². The van der Waals surface area contributed by atoms with Crippen molar-refractivity contribution >= 4 is 17.5 Å².